The largest absolute Gasteiger partial charge is 0.493 e. The Bertz CT molecular complexity index is 1030. The van der Waals surface area contributed by atoms with Crippen molar-refractivity contribution < 1.29 is 9.53 Å². The maximum Gasteiger partial charge on any atom is 0.255 e. The molecule has 1 amide bonds. The van der Waals surface area contributed by atoms with Gasteiger partial charge in [-0.1, -0.05) is 6.07 Å². The summed E-state index contributed by atoms with van der Waals surface area (Å²) in [6, 6.07) is 13.0. The Balaban J connectivity index is 1.48. The van der Waals surface area contributed by atoms with Crippen molar-refractivity contribution in [2.45, 2.75) is 26.3 Å². The Morgan fingerprint density at radius 1 is 1.25 bits per heavy atom. The van der Waals surface area contributed by atoms with Gasteiger partial charge in [0.25, 0.3) is 5.91 Å². The molecule has 1 saturated carbocycles. The maximum absolute atomic E-state index is 12.6. The average molecular weight is 374 g/mol. The zero-order valence-electron chi connectivity index (χ0n) is 15.7. The molecule has 6 nitrogen and oxygen atoms in total. The standard InChI is InChI=1S/C22H22N4O2/c1-14-20(9-6-18-10-16(12-25-23)11-24-21(14)18)26-22(27)17-4-7-19(8-5-17)28-13-15-2-3-15/h4-11,15,23H,2-3,12-13H2,1H3,(H,26,27). The van der Waals surface area contributed by atoms with Crippen LogP contribution in [0.3, 0.4) is 0 Å². The Hall–Kier alpha value is -3.28. The number of ether oxygens (including phenoxy) is 1. The highest BCUT2D eigenvalue weighted by atomic mass is 16.5. The van der Waals surface area contributed by atoms with Crippen molar-refractivity contribution in [3.8, 4) is 5.75 Å². The lowest BCUT2D eigenvalue weighted by Crippen LogP contribution is -2.13. The highest BCUT2D eigenvalue weighted by molar-refractivity contribution is 6.06. The van der Waals surface area contributed by atoms with E-state index in [1.165, 1.54) is 12.8 Å². The van der Waals surface area contributed by atoms with Crippen molar-refractivity contribution in [1.29, 1.82) is 5.53 Å². The van der Waals surface area contributed by atoms with Crippen molar-refractivity contribution in [3.63, 3.8) is 0 Å². The van der Waals surface area contributed by atoms with Gasteiger partial charge in [0.1, 0.15) is 5.75 Å². The van der Waals surface area contributed by atoms with E-state index in [4.69, 9.17) is 10.3 Å². The summed E-state index contributed by atoms with van der Waals surface area (Å²) in [6.45, 7) is 3.02. The van der Waals surface area contributed by atoms with Gasteiger partial charge in [0.2, 0.25) is 0 Å². The number of pyridine rings is 1. The van der Waals surface area contributed by atoms with Crippen LogP contribution in [-0.4, -0.2) is 17.5 Å². The zero-order valence-corrected chi connectivity index (χ0v) is 15.7. The molecule has 1 aromatic heterocycles. The van der Waals surface area contributed by atoms with E-state index in [-0.39, 0.29) is 5.91 Å². The molecule has 1 fully saturated rings. The van der Waals surface area contributed by atoms with Gasteiger partial charge >= 0.3 is 0 Å². The first kappa shape index (κ1) is 18.1. The lowest BCUT2D eigenvalue weighted by molar-refractivity contribution is 0.102. The van der Waals surface area contributed by atoms with Gasteiger partial charge < -0.3 is 10.1 Å². The molecule has 142 valence electrons. The van der Waals surface area contributed by atoms with Crippen LogP contribution in [0, 0.1) is 18.4 Å². The molecule has 0 radical (unpaired) electrons. The van der Waals surface area contributed by atoms with Crippen molar-refractivity contribution in [2.24, 2.45) is 11.0 Å². The Labute approximate surface area is 163 Å². The second-order valence-corrected chi connectivity index (χ2v) is 7.20. The number of nitrogens with zero attached hydrogens (tertiary/aromatic N) is 2. The van der Waals surface area contributed by atoms with Gasteiger partial charge in [0, 0.05) is 22.8 Å². The number of hydrogen-bond donors (Lipinski definition) is 2. The third kappa shape index (κ3) is 4.01. The Morgan fingerprint density at radius 2 is 2.04 bits per heavy atom. The number of aryl methyl sites for hydroxylation is 1. The van der Waals surface area contributed by atoms with Crippen LogP contribution in [0.4, 0.5) is 5.69 Å². The van der Waals surface area contributed by atoms with E-state index in [2.05, 4.69) is 15.4 Å². The summed E-state index contributed by atoms with van der Waals surface area (Å²) in [6.07, 6.45) is 4.22. The molecule has 1 heterocycles. The molecular weight excluding hydrogens is 352 g/mol. The van der Waals surface area contributed by atoms with E-state index < -0.39 is 0 Å². The third-order valence-corrected chi connectivity index (χ3v) is 4.97. The number of carbonyl (C=O) groups excluding carboxylic acids is 1. The van der Waals surface area contributed by atoms with Gasteiger partial charge in [-0.05, 0) is 73.2 Å². The molecule has 0 bridgehead atoms. The summed E-state index contributed by atoms with van der Waals surface area (Å²) < 4.78 is 5.72. The molecule has 3 aromatic rings. The summed E-state index contributed by atoms with van der Waals surface area (Å²) in [5.74, 6) is 1.33. The van der Waals surface area contributed by atoms with E-state index in [1.807, 2.05) is 37.3 Å². The highest BCUT2D eigenvalue weighted by Crippen LogP contribution is 2.29. The first-order valence-electron chi connectivity index (χ1n) is 9.39. The van der Waals surface area contributed by atoms with Crippen molar-refractivity contribution >= 4 is 22.5 Å². The van der Waals surface area contributed by atoms with Crippen LogP contribution in [0.25, 0.3) is 10.9 Å². The topological polar surface area (TPSA) is 87.4 Å². The average Bonchev–Trinajstić information content (AvgIpc) is 3.54. The minimum Gasteiger partial charge on any atom is -0.493 e. The minimum atomic E-state index is -0.166. The van der Waals surface area contributed by atoms with Crippen LogP contribution in [0.5, 0.6) is 5.75 Å². The van der Waals surface area contributed by atoms with Crippen LogP contribution >= 0.6 is 0 Å². The van der Waals surface area contributed by atoms with Crippen molar-refractivity contribution in [3.05, 3.63) is 65.4 Å². The van der Waals surface area contributed by atoms with E-state index in [0.29, 0.717) is 18.0 Å². The van der Waals surface area contributed by atoms with Crippen LogP contribution in [-0.2, 0) is 6.54 Å². The molecular formula is C22H22N4O2. The summed E-state index contributed by atoms with van der Waals surface area (Å²) in [7, 11) is 0. The van der Waals surface area contributed by atoms with E-state index in [1.54, 1.807) is 18.3 Å². The monoisotopic (exact) mass is 374 g/mol. The number of carbonyl (C=O) groups is 1. The molecule has 1 aliphatic rings. The van der Waals surface area contributed by atoms with Crippen LogP contribution in [0.1, 0.15) is 34.3 Å². The fourth-order valence-corrected chi connectivity index (χ4v) is 3.10. The SMILES string of the molecule is Cc1c(NC(=O)c2ccc(OCC3CC3)cc2)ccc2cc(CN=N)cnc12. The van der Waals surface area contributed by atoms with Gasteiger partial charge in [-0.2, -0.15) is 5.11 Å². The number of rotatable bonds is 7. The van der Waals surface area contributed by atoms with Crippen molar-refractivity contribution in [2.75, 3.05) is 11.9 Å². The molecule has 28 heavy (non-hydrogen) atoms. The number of amides is 1. The number of anilines is 1. The zero-order chi connectivity index (χ0) is 19.5. The maximum atomic E-state index is 12.6. The van der Waals surface area contributed by atoms with E-state index >= 15 is 0 Å². The van der Waals surface area contributed by atoms with Gasteiger partial charge in [-0.15, -0.1) is 0 Å². The van der Waals surface area contributed by atoms with Gasteiger partial charge in [-0.3, -0.25) is 9.78 Å². The predicted molar refractivity (Wildman–Crippen MR) is 108 cm³/mol. The molecule has 2 N–H and O–H groups in total. The number of fused-ring (bicyclic) bond motifs is 1. The predicted octanol–water partition coefficient (Wildman–Crippen LogP) is 5.12. The van der Waals surface area contributed by atoms with E-state index in [0.717, 1.165) is 40.1 Å². The quantitative estimate of drug-likeness (QED) is 0.563. The first-order valence-corrected chi connectivity index (χ1v) is 9.39. The van der Waals surface area contributed by atoms with Gasteiger partial charge in [0.05, 0.1) is 18.7 Å². The lowest BCUT2D eigenvalue weighted by atomic mass is 10.1. The molecule has 4 rings (SSSR count). The summed E-state index contributed by atoms with van der Waals surface area (Å²) in [5, 5.41) is 7.34. The van der Waals surface area contributed by atoms with Gasteiger partial charge in [-0.25, -0.2) is 5.53 Å². The van der Waals surface area contributed by atoms with Crippen LogP contribution < -0.4 is 10.1 Å². The molecule has 0 saturated heterocycles. The van der Waals surface area contributed by atoms with Gasteiger partial charge in [0.15, 0.2) is 0 Å². The lowest BCUT2D eigenvalue weighted by Gasteiger charge is -2.12. The molecule has 0 spiro atoms. The number of benzene rings is 2. The van der Waals surface area contributed by atoms with Crippen LogP contribution in [0.2, 0.25) is 0 Å². The number of nitrogens with one attached hydrogen (secondary N) is 2. The minimum absolute atomic E-state index is 0.166. The molecule has 0 aliphatic heterocycles. The van der Waals surface area contributed by atoms with Crippen LogP contribution in [0.15, 0.2) is 53.8 Å². The fraction of sp³-hybridized carbons (Fsp3) is 0.273. The summed E-state index contributed by atoms with van der Waals surface area (Å²) in [5.41, 5.74) is 10.9. The number of aromatic nitrogens is 1. The molecule has 1 aliphatic carbocycles. The third-order valence-electron chi connectivity index (χ3n) is 4.97. The molecule has 6 heteroatoms. The van der Waals surface area contributed by atoms with E-state index in [9.17, 15) is 4.79 Å². The number of hydrogen-bond acceptors (Lipinski definition) is 5. The molecule has 2 aromatic carbocycles. The Kier molecular flexibility index (Phi) is 5.02. The Morgan fingerprint density at radius 3 is 2.75 bits per heavy atom. The molecule has 0 unspecified atom stereocenters. The highest BCUT2D eigenvalue weighted by Gasteiger charge is 2.21. The van der Waals surface area contributed by atoms with Crippen molar-refractivity contribution in [1.82, 2.24) is 4.98 Å². The summed E-state index contributed by atoms with van der Waals surface area (Å²) in [4.78, 5) is 17.1. The second kappa shape index (κ2) is 7.76. The normalized spacial score (nSPS) is 13.3. The second-order valence-electron chi connectivity index (χ2n) is 7.20. The first-order chi connectivity index (χ1) is 13.6. The fourth-order valence-electron chi connectivity index (χ4n) is 3.10. The smallest absolute Gasteiger partial charge is 0.255 e. The summed E-state index contributed by atoms with van der Waals surface area (Å²) >= 11 is 0. The molecule has 0 atom stereocenters.